The highest BCUT2D eigenvalue weighted by Gasteiger charge is 2.57. The molecule has 3 heteroatoms. The molecule has 3 atom stereocenters. The molecule has 0 bridgehead atoms. The first-order valence-electron chi connectivity index (χ1n) is 5.16. The summed E-state index contributed by atoms with van der Waals surface area (Å²) >= 11 is 0. The molecule has 1 aliphatic carbocycles. The molecule has 0 aromatic carbocycles. The zero-order valence-electron chi connectivity index (χ0n) is 9.10. The molecule has 1 saturated carbocycles. The third kappa shape index (κ3) is 1.69. The molecule has 0 N–H and O–H groups in total. The van der Waals surface area contributed by atoms with Crippen LogP contribution < -0.4 is 0 Å². The normalized spacial score (nSPS) is 36.1. The number of ketones is 1. The Hall–Kier alpha value is -0.830. The highest BCUT2D eigenvalue weighted by molar-refractivity contribution is 5.94. The fraction of sp³-hybridized carbons (Fsp3) is 0.727. The zero-order chi connectivity index (χ0) is 10.3. The fourth-order valence-electron chi connectivity index (χ4n) is 2.49. The van der Waals surface area contributed by atoms with Crippen molar-refractivity contribution in [2.75, 3.05) is 34.2 Å². The van der Waals surface area contributed by atoms with E-state index in [1.807, 2.05) is 25.2 Å². The van der Waals surface area contributed by atoms with Gasteiger partial charge in [-0.2, -0.15) is 0 Å². The van der Waals surface area contributed by atoms with Gasteiger partial charge in [-0.05, 0) is 25.0 Å². The van der Waals surface area contributed by atoms with E-state index in [9.17, 15) is 4.79 Å². The molecule has 1 saturated heterocycles. The van der Waals surface area contributed by atoms with E-state index >= 15 is 0 Å². The van der Waals surface area contributed by atoms with E-state index in [1.165, 1.54) is 0 Å². The summed E-state index contributed by atoms with van der Waals surface area (Å²) in [6, 6.07) is 0. The number of carbonyl (C=O) groups is 1. The summed E-state index contributed by atoms with van der Waals surface area (Å²) in [7, 11) is 6.00. The first-order valence-corrected chi connectivity index (χ1v) is 5.16. The van der Waals surface area contributed by atoms with Crippen molar-refractivity contribution in [3.8, 4) is 0 Å². The average Bonchev–Trinajstić information content (AvgIpc) is 2.61. The number of piperidine rings is 1. The van der Waals surface area contributed by atoms with E-state index in [4.69, 9.17) is 0 Å². The van der Waals surface area contributed by atoms with Gasteiger partial charge in [-0.1, -0.05) is 0 Å². The molecule has 14 heavy (non-hydrogen) atoms. The predicted octanol–water partition coefficient (Wildman–Crippen LogP) is 0.438. The first kappa shape index (κ1) is 9.71. The van der Waals surface area contributed by atoms with Gasteiger partial charge in [0.25, 0.3) is 0 Å². The minimum Gasteiger partial charge on any atom is -0.383 e. The lowest BCUT2D eigenvalue weighted by atomic mass is 10.2. The number of allylic oxidation sites excluding steroid dienone is 1. The maximum absolute atomic E-state index is 11.7. The number of hydrogen-bond acceptors (Lipinski definition) is 3. The van der Waals surface area contributed by atoms with Crippen LogP contribution in [0.15, 0.2) is 12.3 Å². The van der Waals surface area contributed by atoms with Crippen molar-refractivity contribution in [3.05, 3.63) is 12.3 Å². The summed E-state index contributed by atoms with van der Waals surface area (Å²) in [5, 5.41) is 0. The Kier molecular flexibility index (Phi) is 2.35. The second kappa shape index (κ2) is 3.39. The average molecular weight is 194 g/mol. The van der Waals surface area contributed by atoms with Gasteiger partial charge < -0.3 is 9.80 Å². The van der Waals surface area contributed by atoms with Crippen LogP contribution in [0.2, 0.25) is 0 Å². The van der Waals surface area contributed by atoms with Crippen LogP contribution >= 0.6 is 0 Å². The van der Waals surface area contributed by atoms with E-state index in [0.717, 1.165) is 13.1 Å². The number of hydrogen-bond donors (Lipinski definition) is 0. The maximum Gasteiger partial charge on any atom is 0.160 e. The van der Waals surface area contributed by atoms with Crippen molar-refractivity contribution >= 4 is 5.78 Å². The quantitative estimate of drug-likeness (QED) is 0.609. The molecule has 2 aliphatic rings. The van der Waals surface area contributed by atoms with Gasteiger partial charge in [0, 0.05) is 39.3 Å². The van der Waals surface area contributed by atoms with Gasteiger partial charge in [0.15, 0.2) is 5.78 Å². The number of fused-ring (bicyclic) bond motifs is 1. The summed E-state index contributed by atoms with van der Waals surface area (Å²) < 4.78 is 0. The number of carbonyl (C=O) groups excluding carboxylic acids is 1. The van der Waals surface area contributed by atoms with Crippen molar-refractivity contribution in [1.82, 2.24) is 9.80 Å². The summed E-state index contributed by atoms with van der Waals surface area (Å²) in [6.07, 6.45) is 3.57. The number of rotatable bonds is 3. The summed E-state index contributed by atoms with van der Waals surface area (Å²) in [5.41, 5.74) is 0. The van der Waals surface area contributed by atoms with E-state index in [-0.39, 0.29) is 0 Å². The minimum atomic E-state index is 0.321. The van der Waals surface area contributed by atoms with E-state index < -0.39 is 0 Å². The molecular formula is C11H18N2O. The van der Waals surface area contributed by atoms with Crippen molar-refractivity contribution in [2.45, 2.75) is 0 Å². The standard InChI is InChI=1S/C11H18N2O/c1-12(2)5-4-10(14)11-8-6-13(3)7-9(8)11/h4-5,8-9,11H,6-7H2,1-3H3/b5-4+/t8-,9+,11+. The largest absolute Gasteiger partial charge is 0.383 e. The van der Waals surface area contributed by atoms with Crippen molar-refractivity contribution in [1.29, 1.82) is 0 Å². The van der Waals surface area contributed by atoms with Crippen LogP contribution in [0.4, 0.5) is 0 Å². The molecule has 3 nitrogen and oxygen atoms in total. The summed E-state index contributed by atoms with van der Waals surface area (Å²) in [5.74, 6) is 1.96. The minimum absolute atomic E-state index is 0.321. The summed E-state index contributed by atoms with van der Waals surface area (Å²) in [4.78, 5) is 15.9. The zero-order valence-corrected chi connectivity index (χ0v) is 9.10. The van der Waals surface area contributed by atoms with Crippen LogP contribution in [-0.2, 0) is 4.79 Å². The van der Waals surface area contributed by atoms with Crippen molar-refractivity contribution in [2.24, 2.45) is 17.8 Å². The molecule has 1 heterocycles. The van der Waals surface area contributed by atoms with Crippen LogP contribution in [0.1, 0.15) is 0 Å². The first-order chi connectivity index (χ1) is 6.59. The molecule has 0 unspecified atom stereocenters. The molecule has 0 radical (unpaired) electrons. The molecule has 0 aromatic rings. The number of nitrogens with zero attached hydrogens (tertiary/aromatic N) is 2. The Morgan fingerprint density at radius 1 is 1.36 bits per heavy atom. The summed E-state index contributed by atoms with van der Waals surface area (Å²) in [6.45, 7) is 2.22. The molecule has 1 aliphatic heterocycles. The van der Waals surface area contributed by atoms with Crippen molar-refractivity contribution < 1.29 is 4.79 Å². The van der Waals surface area contributed by atoms with E-state index in [2.05, 4.69) is 11.9 Å². The Morgan fingerprint density at radius 3 is 2.43 bits per heavy atom. The Labute approximate surface area is 85.4 Å². The van der Waals surface area contributed by atoms with Crippen molar-refractivity contribution in [3.63, 3.8) is 0 Å². The Bertz CT molecular complexity index is 260. The smallest absolute Gasteiger partial charge is 0.160 e. The van der Waals surface area contributed by atoms with Crippen LogP contribution in [0.25, 0.3) is 0 Å². The van der Waals surface area contributed by atoms with Gasteiger partial charge >= 0.3 is 0 Å². The molecule has 2 fully saturated rings. The number of likely N-dealkylation sites (tertiary alicyclic amines) is 1. The molecular weight excluding hydrogens is 176 g/mol. The van der Waals surface area contributed by atoms with E-state index in [1.54, 1.807) is 6.08 Å². The van der Waals surface area contributed by atoms with Crippen LogP contribution in [-0.4, -0.2) is 49.8 Å². The highest BCUT2D eigenvalue weighted by atomic mass is 16.1. The topological polar surface area (TPSA) is 23.6 Å². The monoisotopic (exact) mass is 194 g/mol. The van der Waals surface area contributed by atoms with Gasteiger partial charge in [-0.25, -0.2) is 0 Å². The molecule has 0 aromatic heterocycles. The van der Waals surface area contributed by atoms with E-state index in [0.29, 0.717) is 23.5 Å². The molecule has 0 amide bonds. The van der Waals surface area contributed by atoms with Gasteiger partial charge in [-0.15, -0.1) is 0 Å². The SMILES string of the molecule is CN(C)/C=C/C(=O)[C@H]1[C@@H]2CN(C)C[C@@H]21. The lowest BCUT2D eigenvalue weighted by Gasteiger charge is -2.11. The van der Waals surface area contributed by atoms with Gasteiger partial charge in [0.2, 0.25) is 0 Å². The Morgan fingerprint density at radius 2 is 1.93 bits per heavy atom. The molecule has 2 rings (SSSR count). The lowest BCUT2D eigenvalue weighted by molar-refractivity contribution is -0.116. The van der Waals surface area contributed by atoms with Crippen LogP contribution in [0.5, 0.6) is 0 Å². The second-order valence-electron chi connectivity index (χ2n) is 4.76. The fourth-order valence-corrected chi connectivity index (χ4v) is 2.49. The van der Waals surface area contributed by atoms with Gasteiger partial charge in [0.05, 0.1) is 0 Å². The lowest BCUT2D eigenvalue weighted by Crippen LogP contribution is -2.21. The molecule has 78 valence electrons. The van der Waals surface area contributed by atoms with Crippen LogP contribution in [0, 0.1) is 17.8 Å². The van der Waals surface area contributed by atoms with Crippen LogP contribution in [0.3, 0.4) is 0 Å². The molecule has 0 spiro atoms. The third-order valence-corrected chi connectivity index (χ3v) is 3.24. The Balaban J connectivity index is 1.86. The third-order valence-electron chi connectivity index (χ3n) is 3.24. The predicted molar refractivity (Wildman–Crippen MR) is 55.8 cm³/mol. The maximum atomic E-state index is 11.7. The van der Waals surface area contributed by atoms with Gasteiger partial charge in [0.1, 0.15) is 0 Å². The van der Waals surface area contributed by atoms with Gasteiger partial charge in [-0.3, -0.25) is 4.79 Å². The second-order valence-corrected chi connectivity index (χ2v) is 4.76. The highest BCUT2D eigenvalue weighted by Crippen LogP contribution is 2.51.